The molecular formula is C28H30P2Ru+2. The van der Waals surface area contributed by atoms with Crippen LogP contribution in [0.15, 0.2) is 121 Å². The maximum atomic E-state index is 2.32. The van der Waals surface area contributed by atoms with E-state index in [1.54, 1.807) is 0 Å². The third kappa shape index (κ3) is 6.92. The summed E-state index contributed by atoms with van der Waals surface area (Å²) in [7, 11) is -1.43. The van der Waals surface area contributed by atoms with Crippen molar-refractivity contribution in [2.45, 2.75) is 12.8 Å². The van der Waals surface area contributed by atoms with Gasteiger partial charge in [0.1, 0.15) is 0 Å². The first-order valence-corrected chi connectivity index (χ1v) is 14.3. The summed E-state index contributed by atoms with van der Waals surface area (Å²) in [5.74, 6) is 0. The largest absolute Gasteiger partial charge is 0.0966 e. The topological polar surface area (TPSA) is 0 Å². The molecule has 0 aliphatic heterocycles. The van der Waals surface area contributed by atoms with Crippen molar-refractivity contribution in [1.82, 2.24) is 0 Å². The Balaban J connectivity index is 0.00000272. The van der Waals surface area contributed by atoms with Crippen molar-refractivity contribution in [1.29, 1.82) is 0 Å². The second kappa shape index (κ2) is 13.0. The van der Waals surface area contributed by atoms with E-state index in [0.29, 0.717) is 0 Å². The summed E-state index contributed by atoms with van der Waals surface area (Å²) in [4.78, 5) is 0. The minimum atomic E-state index is -0.714. The average Bonchev–Trinajstić information content (AvgIpc) is 2.84. The van der Waals surface area contributed by atoms with E-state index in [9.17, 15) is 0 Å². The minimum absolute atomic E-state index is 0. The Labute approximate surface area is 202 Å². The number of hydrogen-bond acceptors (Lipinski definition) is 0. The molecule has 0 spiro atoms. The van der Waals surface area contributed by atoms with Crippen molar-refractivity contribution < 1.29 is 19.5 Å². The summed E-state index contributed by atoms with van der Waals surface area (Å²) in [6, 6.07) is 44.6. The normalized spacial score (nSPS) is 10.8. The van der Waals surface area contributed by atoms with Crippen molar-refractivity contribution in [3.63, 3.8) is 0 Å². The summed E-state index contributed by atoms with van der Waals surface area (Å²) in [6.45, 7) is 0. The van der Waals surface area contributed by atoms with Crippen molar-refractivity contribution in [3.8, 4) is 0 Å². The zero-order valence-corrected chi connectivity index (χ0v) is 21.5. The van der Waals surface area contributed by atoms with Gasteiger partial charge in [0.2, 0.25) is 0 Å². The monoisotopic (exact) mass is 530 g/mol. The molecule has 4 aromatic carbocycles. The first kappa shape index (κ1) is 24.0. The van der Waals surface area contributed by atoms with E-state index in [1.165, 1.54) is 46.4 Å². The number of benzene rings is 4. The molecule has 0 heterocycles. The van der Waals surface area contributed by atoms with Crippen LogP contribution in [0.2, 0.25) is 0 Å². The van der Waals surface area contributed by atoms with E-state index >= 15 is 0 Å². The molecule has 0 nitrogen and oxygen atoms in total. The van der Waals surface area contributed by atoms with Crippen molar-refractivity contribution >= 4 is 37.1 Å². The van der Waals surface area contributed by atoms with Gasteiger partial charge in [-0.05, 0) is 61.4 Å². The summed E-state index contributed by atoms with van der Waals surface area (Å²) in [5.41, 5.74) is 0. The van der Waals surface area contributed by atoms with Crippen LogP contribution in [0.5, 0.6) is 0 Å². The smallest absolute Gasteiger partial charge is 0.0620 e. The van der Waals surface area contributed by atoms with Crippen LogP contribution in [0.4, 0.5) is 0 Å². The predicted octanol–water partition coefficient (Wildman–Crippen LogP) is 5.49. The SMILES string of the molecule is [Ru].c1ccc([PH+](CCCC[PH+](c2ccccc2)c2ccccc2)c2ccccc2)cc1. The Kier molecular flexibility index (Phi) is 10.1. The molecule has 0 unspecified atom stereocenters. The first-order valence-electron chi connectivity index (χ1n) is 10.8. The van der Waals surface area contributed by atoms with Crippen LogP contribution in [-0.2, 0) is 19.5 Å². The molecule has 0 radical (unpaired) electrons. The molecule has 0 N–H and O–H groups in total. The van der Waals surface area contributed by atoms with Gasteiger partial charge in [-0.3, -0.25) is 0 Å². The van der Waals surface area contributed by atoms with Gasteiger partial charge in [0.05, 0.1) is 49.4 Å². The van der Waals surface area contributed by atoms with Crippen LogP contribution >= 0.6 is 15.8 Å². The molecule has 3 heteroatoms. The van der Waals surface area contributed by atoms with Crippen LogP contribution in [0, 0.1) is 0 Å². The molecule has 0 bridgehead atoms. The molecule has 0 atom stereocenters. The van der Waals surface area contributed by atoms with Gasteiger partial charge in [-0.15, -0.1) is 0 Å². The second-order valence-corrected chi connectivity index (χ2v) is 12.9. The molecule has 0 saturated carbocycles. The van der Waals surface area contributed by atoms with Crippen LogP contribution < -0.4 is 21.2 Å². The maximum absolute atomic E-state index is 2.32. The van der Waals surface area contributed by atoms with Crippen molar-refractivity contribution in [2.75, 3.05) is 12.3 Å². The molecule has 4 aromatic rings. The molecule has 0 amide bonds. The van der Waals surface area contributed by atoms with E-state index in [1.807, 2.05) is 0 Å². The van der Waals surface area contributed by atoms with Crippen molar-refractivity contribution in [3.05, 3.63) is 121 Å². The third-order valence-electron chi connectivity index (χ3n) is 5.59. The van der Waals surface area contributed by atoms with Gasteiger partial charge >= 0.3 is 0 Å². The van der Waals surface area contributed by atoms with Gasteiger partial charge in [-0.2, -0.15) is 0 Å². The number of unbranched alkanes of at least 4 members (excludes halogenated alkanes) is 1. The van der Waals surface area contributed by atoms with E-state index in [0.717, 1.165) is 0 Å². The van der Waals surface area contributed by atoms with Gasteiger partial charge in [-0.25, -0.2) is 0 Å². The predicted molar refractivity (Wildman–Crippen MR) is 140 cm³/mol. The molecule has 0 saturated heterocycles. The van der Waals surface area contributed by atoms with Gasteiger partial charge in [0.25, 0.3) is 0 Å². The fourth-order valence-corrected chi connectivity index (χ4v) is 9.48. The molecule has 158 valence electrons. The van der Waals surface area contributed by atoms with Crippen molar-refractivity contribution in [2.24, 2.45) is 0 Å². The summed E-state index contributed by atoms with van der Waals surface area (Å²) < 4.78 is 0. The summed E-state index contributed by atoms with van der Waals surface area (Å²) >= 11 is 0. The molecule has 4 rings (SSSR count). The Morgan fingerprint density at radius 1 is 0.355 bits per heavy atom. The Morgan fingerprint density at radius 3 is 0.806 bits per heavy atom. The van der Waals surface area contributed by atoms with E-state index in [2.05, 4.69) is 121 Å². The van der Waals surface area contributed by atoms with Crippen LogP contribution in [-0.4, -0.2) is 12.3 Å². The fourth-order valence-electron chi connectivity index (χ4n) is 4.07. The Bertz CT molecular complexity index is 828. The number of hydrogen-bond donors (Lipinski definition) is 0. The molecule has 31 heavy (non-hydrogen) atoms. The average molecular weight is 530 g/mol. The van der Waals surface area contributed by atoms with E-state index in [-0.39, 0.29) is 19.5 Å². The van der Waals surface area contributed by atoms with Gasteiger partial charge < -0.3 is 0 Å². The van der Waals surface area contributed by atoms with E-state index in [4.69, 9.17) is 0 Å². The molecular weight excluding hydrogens is 499 g/mol. The zero-order chi connectivity index (χ0) is 20.4. The second-order valence-electron chi connectivity index (χ2n) is 7.63. The summed E-state index contributed by atoms with van der Waals surface area (Å²) in [5, 5.41) is 6.13. The van der Waals surface area contributed by atoms with Crippen LogP contribution in [0.1, 0.15) is 12.8 Å². The zero-order valence-electron chi connectivity index (χ0n) is 17.7. The number of rotatable bonds is 9. The molecule has 0 aliphatic rings. The van der Waals surface area contributed by atoms with Gasteiger partial charge in [0, 0.05) is 19.5 Å². The minimum Gasteiger partial charge on any atom is -0.0620 e. The van der Waals surface area contributed by atoms with E-state index < -0.39 is 15.8 Å². The standard InChI is InChI=1S/C28H28P2.Ru/c1-5-15-25(16-6-1)29(26-17-7-2-8-18-26)23-13-14-24-30(27-19-9-3-10-20-27)28-21-11-4-12-22-28;/h1-12,15-22H,13-14,23-24H2;/p+2. The Hall–Kier alpha value is -1.64. The molecule has 0 fully saturated rings. The summed E-state index contributed by atoms with van der Waals surface area (Å²) in [6.07, 6.45) is 5.20. The van der Waals surface area contributed by atoms with Gasteiger partial charge in [-0.1, -0.05) is 72.8 Å². The first-order chi connectivity index (χ1) is 14.9. The molecule has 0 aromatic heterocycles. The molecule has 0 aliphatic carbocycles. The van der Waals surface area contributed by atoms with Crippen LogP contribution in [0.25, 0.3) is 0 Å². The van der Waals surface area contributed by atoms with Crippen LogP contribution in [0.3, 0.4) is 0 Å². The third-order valence-corrected chi connectivity index (χ3v) is 11.4. The quantitative estimate of drug-likeness (QED) is 0.153. The van der Waals surface area contributed by atoms with Gasteiger partial charge in [0.15, 0.2) is 0 Å². The maximum Gasteiger partial charge on any atom is 0.0966 e. The fraction of sp³-hybridized carbons (Fsp3) is 0.143. The Morgan fingerprint density at radius 2 is 0.581 bits per heavy atom.